The second-order valence-electron chi connectivity index (χ2n) is 6.04. The van der Waals surface area contributed by atoms with Crippen LogP contribution in [0.2, 0.25) is 0 Å². The van der Waals surface area contributed by atoms with Crippen molar-refractivity contribution in [1.82, 2.24) is 4.31 Å². The molecule has 3 atom stereocenters. The number of benzene rings is 2. The number of rotatable bonds is 4. The first-order valence-corrected chi connectivity index (χ1v) is 9.57. The van der Waals surface area contributed by atoms with Gasteiger partial charge in [0.2, 0.25) is 10.0 Å². The highest BCUT2D eigenvalue weighted by Gasteiger charge is 2.53. The van der Waals surface area contributed by atoms with E-state index < -0.39 is 28.0 Å². The molecule has 1 aliphatic rings. The van der Waals surface area contributed by atoms with Crippen LogP contribution in [0, 0.1) is 17.1 Å². The summed E-state index contributed by atoms with van der Waals surface area (Å²) in [5, 5.41) is 18.9. The molecule has 3 rings (SSSR count). The number of sulfonamides is 1. The smallest absolute Gasteiger partial charge is 0.212 e. The molecule has 2 aromatic carbocycles. The molecule has 1 N–H and O–H groups in total. The molecule has 0 spiro atoms. The van der Waals surface area contributed by atoms with Gasteiger partial charge in [-0.1, -0.05) is 42.5 Å². The van der Waals surface area contributed by atoms with Gasteiger partial charge in [-0.15, -0.1) is 0 Å². The van der Waals surface area contributed by atoms with E-state index in [0.29, 0.717) is 11.1 Å². The lowest BCUT2D eigenvalue weighted by Crippen LogP contribution is -2.64. The van der Waals surface area contributed by atoms with Gasteiger partial charge in [0.25, 0.3) is 0 Å². The largest absolute Gasteiger partial charge is 0.395 e. The van der Waals surface area contributed by atoms with Crippen molar-refractivity contribution in [3.05, 3.63) is 59.9 Å². The number of aliphatic hydroxyl groups excluding tert-OH is 1. The molecule has 130 valence electrons. The maximum absolute atomic E-state index is 13.9. The summed E-state index contributed by atoms with van der Waals surface area (Å²) in [6.07, 6.45) is 1.03. The van der Waals surface area contributed by atoms with Crippen molar-refractivity contribution >= 4 is 10.0 Å². The molecule has 0 aliphatic carbocycles. The fourth-order valence-electron chi connectivity index (χ4n) is 3.40. The highest BCUT2D eigenvalue weighted by atomic mass is 32.2. The van der Waals surface area contributed by atoms with Crippen molar-refractivity contribution in [2.24, 2.45) is 0 Å². The Balaban J connectivity index is 1.92. The van der Waals surface area contributed by atoms with E-state index in [0.717, 1.165) is 16.1 Å². The first-order chi connectivity index (χ1) is 11.9. The third-order valence-electron chi connectivity index (χ3n) is 4.54. The van der Waals surface area contributed by atoms with Crippen LogP contribution >= 0.6 is 0 Å². The van der Waals surface area contributed by atoms with Gasteiger partial charge in [0.1, 0.15) is 11.9 Å². The van der Waals surface area contributed by atoms with Crippen molar-refractivity contribution in [1.29, 1.82) is 5.26 Å². The lowest BCUT2D eigenvalue weighted by Gasteiger charge is -2.49. The summed E-state index contributed by atoms with van der Waals surface area (Å²) in [5.74, 6) is -0.746. The number of hydrogen-bond acceptors (Lipinski definition) is 4. The normalized spacial score (nSPS) is 23.7. The minimum atomic E-state index is -3.59. The Bertz CT molecular complexity index is 922. The molecule has 0 bridgehead atoms. The molecule has 0 radical (unpaired) electrons. The van der Waals surface area contributed by atoms with E-state index in [1.54, 1.807) is 42.5 Å². The zero-order valence-electron chi connectivity index (χ0n) is 13.5. The Morgan fingerprint density at radius 3 is 2.36 bits per heavy atom. The molecule has 1 heterocycles. The quantitative estimate of drug-likeness (QED) is 0.905. The number of hydrogen-bond donors (Lipinski definition) is 1. The van der Waals surface area contributed by atoms with E-state index in [1.165, 1.54) is 6.07 Å². The average molecular weight is 360 g/mol. The van der Waals surface area contributed by atoms with Crippen molar-refractivity contribution < 1.29 is 17.9 Å². The molecule has 0 amide bonds. The summed E-state index contributed by atoms with van der Waals surface area (Å²) in [4.78, 5) is 0. The number of nitrogens with zero attached hydrogens (tertiary/aromatic N) is 2. The molecule has 1 aliphatic heterocycles. The Morgan fingerprint density at radius 2 is 1.84 bits per heavy atom. The maximum Gasteiger partial charge on any atom is 0.212 e. The van der Waals surface area contributed by atoms with E-state index in [2.05, 4.69) is 0 Å². The number of aliphatic hydroxyl groups is 1. The van der Waals surface area contributed by atoms with Gasteiger partial charge in [-0.3, -0.25) is 0 Å². The summed E-state index contributed by atoms with van der Waals surface area (Å²) >= 11 is 0. The Labute approximate surface area is 146 Å². The van der Waals surface area contributed by atoms with Crippen LogP contribution in [0.3, 0.4) is 0 Å². The van der Waals surface area contributed by atoms with E-state index in [9.17, 15) is 23.2 Å². The Hall–Kier alpha value is -2.27. The average Bonchev–Trinajstić information content (AvgIpc) is 2.55. The zero-order chi connectivity index (χ0) is 18.2. The van der Waals surface area contributed by atoms with Crippen molar-refractivity contribution in [3.63, 3.8) is 0 Å². The van der Waals surface area contributed by atoms with Crippen molar-refractivity contribution in [3.8, 4) is 17.2 Å². The third kappa shape index (κ3) is 3.04. The van der Waals surface area contributed by atoms with Gasteiger partial charge in [-0.25, -0.2) is 12.8 Å². The molecule has 0 aromatic heterocycles. The van der Waals surface area contributed by atoms with Crippen LogP contribution in [0.1, 0.15) is 11.5 Å². The molecule has 1 fully saturated rings. The molecular weight excluding hydrogens is 343 g/mol. The summed E-state index contributed by atoms with van der Waals surface area (Å²) in [6, 6.07) is 13.9. The highest BCUT2D eigenvalue weighted by Crippen LogP contribution is 2.42. The summed E-state index contributed by atoms with van der Waals surface area (Å²) < 4.78 is 38.6. The third-order valence-corrected chi connectivity index (χ3v) is 5.80. The van der Waals surface area contributed by atoms with E-state index >= 15 is 0 Å². The fourth-order valence-corrected chi connectivity index (χ4v) is 4.68. The zero-order valence-corrected chi connectivity index (χ0v) is 14.3. The number of halogens is 1. The van der Waals surface area contributed by atoms with E-state index in [-0.39, 0.29) is 12.4 Å². The molecule has 2 aromatic rings. The SMILES string of the molecule is CS(=O)(=O)N1[C@H](C#N)[C@H](c2ccc(-c3ccccc3F)cc2)[C@@H]1CO. The van der Waals surface area contributed by atoms with Gasteiger partial charge in [-0.05, 0) is 17.2 Å². The van der Waals surface area contributed by atoms with Gasteiger partial charge < -0.3 is 5.11 Å². The van der Waals surface area contributed by atoms with Crippen LogP contribution in [0.5, 0.6) is 0 Å². The number of nitriles is 1. The maximum atomic E-state index is 13.9. The van der Waals surface area contributed by atoms with E-state index in [4.69, 9.17) is 0 Å². The second-order valence-corrected chi connectivity index (χ2v) is 7.93. The standard InChI is InChI=1S/C18H17FN2O3S/c1-25(23,24)21-16(10-20)18(17(21)11-22)13-8-6-12(7-9-13)14-4-2-3-5-15(14)19/h2-9,16-18,22H,11H2,1H3/t16-,17+,18+/m1/s1. The molecule has 5 nitrogen and oxygen atoms in total. The van der Waals surface area contributed by atoms with Gasteiger partial charge >= 0.3 is 0 Å². The first kappa shape index (κ1) is 17.5. The van der Waals surface area contributed by atoms with Crippen molar-refractivity contribution in [2.45, 2.75) is 18.0 Å². The first-order valence-electron chi connectivity index (χ1n) is 7.72. The van der Waals surface area contributed by atoms with Crippen molar-refractivity contribution in [2.75, 3.05) is 12.9 Å². The lowest BCUT2D eigenvalue weighted by atomic mass is 9.78. The molecule has 1 saturated heterocycles. The van der Waals surface area contributed by atoms with Crippen LogP contribution in [0.25, 0.3) is 11.1 Å². The fraction of sp³-hybridized carbons (Fsp3) is 0.278. The minimum Gasteiger partial charge on any atom is -0.395 e. The molecule has 7 heteroatoms. The molecule has 0 unspecified atom stereocenters. The predicted octanol–water partition coefficient (Wildman–Crippen LogP) is 2.10. The minimum absolute atomic E-state index is 0.328. The van der Waals surface area contributed by atoms with Crippen LogP contribution in [0.4, 0.5) is 4.39 Å². The van der Waals surface area contributed by atoms with Gasteiger partial charge in [0.05, 0.1) is 25.0 Å². The summed E-state index contributed by atoms with van der Waals surface area (Å²) in [7, 11) is -3.59. The molecular formula is C18H17FN2O3S. The second kappa shape index (κ2) is 6.56. The van der Waals surface area contributed by atoms with Gasteiger partial charge in [0.15, 0.2) is 0 Å². The van der Waals surface area contributed by atoms with Gasteiger partial charge in [0, 0.05) is 11.5 Å². The van der Waals surface area contributed by atoms with Crippen LogP contribution in [0.15, 0.2) is 48.5 Å². The highest BCUT2D eigenvalue weighted by molar-refractivity contribution is 7.88. The monoisotopic (exact) mass is 360 g/mol. The van der Waals surface area contributed by atoms with E-state index in [1.807, 2.05) is 6.07 Å². The summed E-state index contributed by atoms with van der Waals surface area (Å²) in [6.45, 7) is -0.370. The Morgan fingerprint density at radius 1 is 1.20 bits per heavy atom. The predicted molar refractivity (Wildman–Crippen MR) is 91.5 cm³/mol. The summed E-state index contributed by atoms with van der Waals surface area (Å²) in [5.41, 5.74) is 1.90. The molecule has 25 heavy (non-hydrogen) atoms. The van der Waals surface area contributed by atoms with Crippen LogP contribution < -0.4 is 0 Å². The van der Waals surface area contributed by atoms with Gasteiger partial charge in [-0.2, -0.15) is 9.57 Å². The van der Waals surface area contributed by atoms with Crippen LogP contribution in [-0.2, 0) is 10.0 Å². The Kier molecular flexibility index (Phi) is 4.60. The topological polar surface area (TPSA) is 81.4 Å². The lowest BCUT2D eigenvalue weighted by molar-refractivity contribution is 0.0564. The molecule has 0 saturated carbocycles. The van der Waals surface area contributed by atoms with Crippen LogP contribution in [-0.4, -0.2) is 42.8 Å².